The van der Waals surface area contributed by atoms with E-state index in [0.717, 1.165) is 18.5 Å². The minimum atomic E-state index is -0.0251. The number of likely N-dealkylation sites (tertiary alicyclic amines) is 1. The molecule has 10 nitrogen and oxygen atoms in total. The molecule has 0 aliphatic carbocycles. The maximum absolute atomic E-state index is 11.9. The Morgan fingerprint density at radius 1 is 1.24 bits per heavy atom. The van der Waals surface area contributed by atoms with Gasteiger partial charge in [0.15, 0.2) is 17.3 Å². The molecule has 0 spiro atoms. The standard InChI is InChI=1S/C19H23N7O3/c1-29-14-5-4-13(11-21-14)17-23-18(20-6-10-27)16-19(24-17)26(12-22-16)9-8-25-7-2-3-15(25)28/h4-5,11-12,27H,2-3,6-10H2,1H3,(H,20,23,24). The first kappa shape index (κ1) is 19.1. The van der Waals surface area contributed by atoms with Crippen LogP contribution >= 0.6 is 0 Å². The van der Waals surface area contributed by atoms with E-state index in [1.807, 2.05) is 15.5 Å². The summed E-state index contributed by atoms with van der Waals surface area (Å²) in [6.07, 6.45) is 4.89. The number of amides is 1. The third-order valence-corrected chi connectivity index (χ3v) is 4.85. The van der Waals surface area contributed by atoms with Crippen LogP contribution in [-0.2, 0) is 11.3 Å². The van der Waals surface area contributed by atoms with Gasteiger partial charge in [0.1, 0.15) is 5.52 Å². The summed E-state index contributed by atoms with van der Waals surface area (Å²) in [4.78, 5) is 31.7. The highest BCUT2D eigenvalue weighted by Crippen LogP contribution is 2.25. The van der Waals surface area contributed by atoms with Crippen LogP contribution in [0.25, 0.3) is 22.6 Å². The van der Waals surface area contributed by atoms with E-state index in [1.54, 1.807) is 25.7 Å². The fourth-order valence-corrected chi connectivity index (χ4v) is 3.34. The number of fused-ring (bicyclic) bond motifs is 1. The molecule has 4 heterocycles. The minimum Gasteiger partial charge on any atom is -0.481 e. The molecule has 2 N–H and O–H groups in total. The van der Waals surface area contributed by atoms with Crippen LogP contribution in [-0.4, -0.2) is 73.8 Å². The number of aliphatic hydroxyl groups excluding tert-OH is 1. The lowest BCUT2D eigenvalue weighted by Gasteiger charge is -2.16. The molecular formula is C19H23N7O3. The van der Waals surface area contributed by atoms with Crippen LogP contribution in [0.15, 0.2) is 24.7 Å². The minimum absolute atomic E-state index is 0.0251. The van der Waals surface area contributed by atoms with Gasteiger partial charge in [-0.25, -0.2) is 19.9 Å². The number of hydrogen-bond donors (Lipinski definition) is 2. The Kier molecular flexibility index (Phi) is 5.52. The number of carbonyl (C=O) groups excluding carboxylic acids is 1. The fourth-order valence-electron chi connectivity index (χ4n) is 3.34. The van der Waals surface area contributed by atoms with E-state index >= 15 is 0 Å². The van der Waals surface area contributed by atoms with Gasteiger partial charge in [-0.3, -0.25) is 4.79 Å². The molecule has 1 amide bonds. The zero-order chi connectivity index (χ0) is 20.2. The summed E-state index contributed by atoms with van der Waals surface area (Å²) in [5.74, 6) is 1.74. The van der Waals surface area contributed by atoms with Crippen molar-refractivity contribution in [3.63, 3.8) is 0 Å². The first-order chi connectivity index (χ1) is 14.2. The second-order valence-electron chi connectivity index (χ2n) is 6.73. The summed E-state index contributed by atoms with van der Waals surface area (Å²) in [6, 6.07) is 3.59. The molecule has 0 bridgehead atoms. The van der Waals surface area contributed by atoms with Gasteiger partial charge >= 0.3 is 0 Å². The number of carbonyl (C=O) groups is 1. The summed E-state index contributed by atoms with van der Waals surface area (Å²) in [7, 11) is 1.56. The van der Waals surface area contributed by atoms with Gasteiger partial charge in [0.05, 0.1) is 20.0 Å². The molecular weight excluding hydrogens is 374 g/mol. The highest BCUT2D eigenvalue weighted by Gasteiger charge is 2.20. The maximum Gasteiger partial charge on any atom is 0.222 e. The highest BCUT2D eigenvalue weighted by atomic mass is 16.5. The lowest BCUT2D eigenvalue weighted by atomic mass is 10.2. The van der Waals surface area contributed by atoms with Gasteiger partial charge < -0.3 is 24.6 Å². The van der Waals surface area contributed by atoms with Crippen molar-refractivity contribution in [2.24, 2.45) is 0 Å². The smallest absolute Gasteiger partial charge is 0.222 e. The zero-order valence-electron chi connectivity index (χ0n) is 16.2. The van der Waals surface area contributed by atoms with E-state index in [2.05, 4.69) is 20.3 Å². The Hall–Kier alpha value is -3.27. The Bertz CT molecular complexity index is 1000. The molecule has 0 unspecified atom stereocenters. The third-order valence-electron chi connectivity index (χ3n) is 4.85. The van der Waals surface area contributed by atoms with Crippen LogP contribution in [0.2, 0.25) is 0 Å². The number of nitrogens with one attached hydrogen (secondary N) is 1. The largest absolute Gasteiger partial charge is 0.481 e. The monoisotopic (exact) mass is 397 g/mol. The highest BCUT2D eigenvalue weighted by molar-refractivity contribution is 5.85. The number of methoxy groups -OCH3 is 1. The van der Waals surface area contributed by atoms with E-state index in [0.29, 0.717) is 54.7 Å². The van der Waals surface area contributed by atoms with E-state index in [9.17, 15) is 9.90 Å². The second-order valence-corrected chi connectivity index (χ2v) is 6.73. The average molecular weight is 397 g/mol. The van der Waals surface area contributed by atoms with Crippen molar-refractivity contribution >= 4 is 22.9 Å². The molecule has 0 aromatic carbocycles. The lowest BCUT2D eigenvalue weighted by molar-refractivity contribution is -0.127. The van der Waals surface area contributed by atoms with Crippen molar-refractivity contribution in [1.82, 2.24) is 29.4 Å². The second kappa shape index (κ2) is 8.39. The van der Waals surface area contributed by atoms with Gasteiger partial charge in [-0.05, 0) is 12.5 Å². The summed E-state index contributed by atoms with van der Waals surface area (Å²) in [5.41, 5.74) is 2.02. The van der Waals surface area contributed by atoms with Gasteiger partial charge in [0.2, 0.25) is 11.8 Å². The Morgan fingerprint density at radius 2 is 2.14 bits per heavy atom. The summed E-state index contributed by atoms with van der Waals surface area (Å²) in [5, 5.41) is 12.3. The van der Waals surface area contributed by atoms with Crippen LogP contribution < -0.4 is 10.1 Å². The molecule has 1 saturated heterocycles. The van der Waals surface area contributed by atoms with Crippen LogP contribution in [0.5, 0.6) is 5.88 Å². The molecule has 4 rings (SSSR count). The Morgan fingerprint density at radius 3 is 2.83 bits per heavy atom. The lowest BCUT2D eigenvalue weighted by Crippen LogP contribution is -2.28. The van der Waals surface area contributed by atoms with Crippen molar-refractivity contribution in [2.45, 2.75) is 19.4 Å². The molecule has 3 aromatic heterocycles. The van der Waals surface area contributed by atoms with Gasteiger partial charge in [-0.2, -0.15) is 0 Å². The first-order valence-corrected chi connectivity index (χ1v) is 9.55. The van der Waals surface area contributed by atoms with E-state index in [1.165, 1.54) is 0 Å². The Labute approximate surface area is 167 Å². The zero-order valence-corrected chi connectivity index (χ0v) is 16.2. The number of rotatable bonds is 8. The topological polar surface area (TPSA) is 118 Å². The number of anilines is 1. The number of aliphatic hydroxyl groups is 1. The number of ether oxygens (including phenoxy) is 1. The van der Waals surface area contributed by atoms with E-state index in [-0.39, 0.29) is 12.5 Å². The van der Waals surface area contributed by atoms with Crippen LogP contribution in [0.4, 0.5) is 5.82 Å². The molecule has 1 aliphatic rings. The van der Waals surface area contributed by atoms with Gasteiger partial charge in [-0.15, -0.1) is 0 Å². The van der Waals surface area contributed by atoms with Crippen molar-refractivity contribution in [3.8, 4) is 17.3 Å². The van der Waals surface area contributed by atoms with Crippen LogP contribution in [0.1, 0.15) is 12.8 Å². The molecule has 3 aromatic rings. The van der Waals surface area contributed by atoms with Crippen molar-refractivity contribution in [3.05, 3.63) is 24.7 Å². The third kappa shape index (κ3) is 3.97. The van der Waals surface area contributed by atoms with Crippen molar-refractivity contribution in [1.29, 1.82) is 0 Å². The van der Waals surface area contributed by atoms with Crippen molar-refractivity contribution < 1.29 is 14.6 Å². The molecule has 1 aliphatic heterocycles. The fraction of sp³-hybridized carbons (Fsp3) is 0.421. The molecule has 0 saturated carbocycles. The van der Waals surface area contributed by atoms with E-state index < -0.39 is 0 Å². The number of aromatic nitrogens is 5. The summed E-state index contributed by atoms with van der Waals surface area (Å²) < 4.78 is 7.03. The quantitative estimate of drug-likeness (QED) is 0.576. The predicted molar refractivity (Wildman–Crippen MR) is 106 cm³/mol. The molecule has 0 radical (unpaired) electrons. The van der Waals surface area contributed by atoms with Gasteiger partial charge in [0.25, 0.3) is 0 Å². The van der Waals surface area contributed by atoms with E-state index in [4.69, 9.17) is 9.72 Å². The number of nitrogens with zero attached hydrogens (tertiary/aromatic N) is 6. The number of imidazole rings is 1. The number of pyridine rings is 1. The molecule has 10 heteroatoms. The predicted octanol–water partition coefficient (Wildman–Crippen LogP) is 0.923. The molecule has 1 fully saturated rings. The van der Waals surface area contributed by atoms with Crippen LogP contribution in [0, 0.1) is 0 Å². The normalized spacial score (nSPS) is 14.0. The molecule has 152 valence electrons. The Balaban J connectivity index is 1.68. The average Bonchev–Trinajstić information content (AvgIpc) is 3.36. The molecule has 29 heavy (non-hydrogen) atoms. The van der Waals surface area contributed by atoms with Crippen LogP contribution in [0.3, 0.4) is 0 Å². The summed E-state index contributed by atoms with van der Waals surface area (Å²) in [6.45, 7) is 2.34. The maximum atomic E-state index is 11.9. The SMILES string of the molecule is COc1ccc(-c2nc(NCCO)c3ncn(CCN4CCCC4=O)c3n2)cn1. The van der Waals surface area contributed by atoms with Crippen molar-refractivity contribution in [2.75, 3.05) is 38.7 Å². The number of hydrogen-bond acceptors (Lipinski definition) is 8. The van der Waals surface area contributed by atoms with Gasteiger partial charge in [-0.1, -0.05) is 0 Å². The first-order valence-electron chi connectivity index (χ1n) is 9.55. The summed E-state index contributed by atoms with van der Waals surface area (Å²) >= 11 is 0. The van der Waals surface area contributed by atoms with Gasteiger partial charge in [0, 0.05) is 50.4 Å². The molecule has 0 atom stereocenters.